The van der Waals surface area contributed by atoms with Gasteiger partial charge in [-0.05, 0) is 25.8 Å². The maximum absolute atomic E-state index is 11.1. The summed E-state index contributed by atoms with van der Waals surface area (Å²) in [4.78, 5) is 21.5. The Kier molecular flexibility index (Phi) is 4.42. The van der Waals surface area contributed by atoms with Crippen LogP contribution in [0.15, 0.2) is 12.1 Å². The van der Waals surface area contributed by atoms with Gasteiger partial charge in [0.05, 0.1) is 22.6 Å². The zero-order valence-electron chi connectivity index (χ0n) is 11.7. The van der Waals surface area contributed by atoms with E-state index >= 15 is 0 Å². The average Bonchev–Trinajstić information content (AvgIpc) is 2.42. The predicted octanol–water partition coefficient (Wildman–Crippen LogP) is 2.32. The number of rotatable bonds is 4. The first-order valence-corrected chi connectivity index (χ1v) is 6.87. The Balaban J connectivity index is 2.37. The summed E-state index contributed by atoms with van der Waals surface area (Å²) < 4.78 is 0. The Morgan fingerprint density at radius 3 is 2.62 bits per heavy atom. The number of hydrogen-bond donors (Lipinski definition) is 3. The van der Waals surface area contributed by atoms with Crippen LogP contribution in [0.2, 0.25) is 0 Å². The summed E-state index contributed by atoms with van der Waals surface area (Å²) in [7, 11) is 0. The summed E-state index contributed by atoms with van der Waals surface area (Å²) in [5, 5.41) is 33.1. The van der Waals surface area contributed by atoms with E-state index in [0.29, 0.717) is 17.7 Å². The average molecular weight is 294 g/mol. The molecule has 114 valence electrons. The SMILES string of the molecule is Cc1c(NC2CCCCC2O)cc(C(=O)O)cc1[N+](=O)[O-]. The largest absolute Gasteiger partial charge is 0.478 e. The zero-order valence-corrected chi connectivity index (χ0v) is 11.7. The molecule has 0 spiro atoms. The Morgan fingerprint density at radius 2 is 2.05 bits per heavy atom. The lowest BCUT2D eigenvalue weighted by Gasteiger charge is -2.29. The van der Waals surface area contributed by atoms with Crippen LogP contribution in [-0.2, 0) is 0 Å². The number of hydrogen-bond acceptors (Lipinski definition) is 5. The van der Waals surface area contributed by atoms with Crippen molar-refractivity contribution in [1.29, 1.82) is 0 Å². The highest BCUT2D eigenvalue weighted by atomic mass is 16.6. The van der Waals surface area contributed by atoms with E-state index in [4.69, 9.17) is 5.11 Å². The third-order valence-corrected chi connectivity index (χ3v) is 3.89. The van der Waals surface area contributed by atoms with Gasteiger partial charge < -0.3 is 15.5 Å². The van der Waals surface area contributed by atoms with Gasteiger partial charge in [-0.2, -0.15) is 0 Å². The fourth-order valence-electron chi connectivity index (χ4n) is 2.64. The topological polar surface area (TPSA) is 113 Å². The lowest BCUT2D eigenvalue weighted by molar-refractivity contribution is -0.385. The number of nitrogens with zero attached hydrogens (tertiary/aromatic N) is 1. The lowest BCUT2D eigenvalue weighted by Crippen LogP contribution is -2.36. The molecule has 1 fully saturated rings. The van der Waals surface area contributed by atoms with Crippen LogP contribution in [0, 0.1) is 17.0 Å². The normalized spacial score (nSPS) is 21.8. The van der Waals surface area contributed by atoms with E-state index in [0.717, 1.165) is 25.3 Å². The van der Waals surface area contributed by atoms with Crippen molar-refractivity contribution in [1.82, 2.24) is 0 Å². The van der Waals surface area contributed by atoms with Crippen molar-refractivity contribution in [3.05, 3.63) is 33.4 Å². The molecular formula is C14H18N2O5. The molecule has 0 heterocycles. The van der Waals surface area contributed by atoms with Gasteiger partial charge in [-0.3, -0.25) is 10.1 Å². The van der Waals surface area contributed by atoms with Gasteiger partial charge in [-0.15, -0.1) is 0 Å². The molecule has 0 saturated heterocycles. The van der Waals surface area contributed by atoms with Gasteiger partial charge in [-0.25, -0.2) is 4.79 Å². The summed E-state index contributed by atoms with van der Waals surface area (Å²) in [5.41, 5.74) is 0.401. The molecule has 1 aromatic carbocycles. The van der Waals surface area contributed by atoms with E-state index in [1.165, 1.54) is 6.07 Å². The van der Waals surface area contributed by atoms with Gasteiger partial charge in [-0.1, -0.05) is 12.8 Å². The first-order chi connectivity index (χ1) is 9.90. The van der Waals surface area contributed by atoms with Crippen LogP contribution in [0.5, 0.6) is 0 Å². The molecule has 0 radical (unpaired) electrons. The first-order valence-electron chi connectivity index (χ1n) is 6.87. The van der Waals surface area contributed by atoms with E-state index in [-0.39, 0.29) is 17.3 Å². The van der Waals surface area contributed by atoms with E-state index in [9.17, 15) is 20.0 Å². The van der Waals surface area contributed by atoms with Crippen molar-refractivity contribution < 1.29 is 19.9 Å². The molecule has 7 nitrogen and oxygen atoms in total. The molecule has 0 aliphatic heterocycles. The van der Waals surface area contributed by atoms with E-state index < -0.39 is 17.0 Å². The third kappa shape index (κ3) is 3.30. The molecule has 2 atom stereocenters. The van der Waals surface area contributed by atoms with Crippen LogP contribution >= 0.6 is 0 Å². The first kappa shape index (κ1) is 15.2. The van der Waals surface area contributed by atoms with Gasteiger partial charge in [0.1, 0.15) is 0 Å². The summed E-state index contributed by atoms with van der Waals surface area (Å²) in [6, 6.07) is 2.23. The molecule has 1 saturated carbocycles. The van der Waals surface area contributed by atoms with E-state index in [1.807, 2.05) is 0 Å². The molecule has 2 rings (SSSR count). The summed E-state index contributed by atoms with van der Waals surface area (Å²) >= 11 is 0. The number of benzene rings is 1. The molecule has 3 N–H and O–H groups in total. The maximum Gasteiger partial charge on any atom is 0.336 e. The number of anilines is 1. The van der Waals surface area contributed by atoms with Crippen LogP contribution < -0.4 is 5.32 Å². The van der Waals surface area contributed by atoms with Crippen LogP contribution in [0.25, 0.3) is 0 Å². The van der Waals surface area contributed by atoms with E-state index in [1.54, 1.807) is 6.92 Å². The predicted molar refractivity (Wildman–Crippen MR) is 76.7 cm³/mol. The van der Waals surface area contributed by atoms with Crippen molar-refractivity contribution in [2.75, 3.05) is 5.32 Å². The molecule has 2 unspecified atom stereocenters. The number of aromatic carboxylic acids is 1. The van der Waals surface area contributed by atoms with Crippen LogP contribution in [0.1, 0.15) is 41.6 Å². The molecule has 0 bridgehead atoms. The Morgan fingerprint density at radius 1 is 1.38 bits per heavy atom. The van der Waals surface area contributed by atoms with Crippen molar-refractivity contribution in [3.8, 4) is 0 Å². The number of aliphatic hydroxyl groups excluding tert-OH is 1. The standard InChI is InChI=1S/C14H18N2O5/c1-8-11(15-10-4-2-3-5-13(10)17)6-9(14(18)19)7-12(8)16(20)21/h6-7,10,13,15,17H,2-5H2,1H3,(H,18,19). The van der Waals surface area contributed by atoms with Gasteiger partial charge in [0, 0.05) is 17.3 Å². The van der Waals surface area contributed by atoms with Crippen LogP contribution in [0.4, 0.5) is 11.4 Å². The van der Waals surface area contributed by atoms with E-state index in [2.05, 4.69) is 5.32 Å². The van der Waals surface area contributed by atoms with Gasteiger partial charge in [0.2, 0.25) is 0 Å². The molecule has 1 aliphatic carbocycles. The molecule has 21 heavy (non-hydrogen) atoms. The number of carboxylic acids is 1. The third-order valence-electron chi connectivity index (χ3n) is 3.89. The number of carboxylic acid groups (broad SMARTS) is 1. The lowest BCUT2D eigenvalue weighted by atomic mass is 9.92. The summed E-state index contributed by atoms with van der Waals surface area (Å²) in [6.45, 7) is 1.57. The maximum atomic E-state index is 11.1. The quantitative estimate of drug-likeness (QED) is 0.580. The monoisotopic (exact) mass is 294 g/mol. The molecule has 0 amide bonds. The molecule has 1 aliphatic rings. The minimum absolute atomic E-state index is 0.139. The Bertz CT molecular complexity index is 573. The fourth-order valence-corrected chi connectivity index (χ4v) is 2.64. The number of nitro groups is 1. The number of nitrogens with one attached hydrogen (secondary N) is 1. The van der Waals surface area contributed by atoms with Crippen molar-refractivity contribution in [2.24, 2.45) is 0 Å². The smallest absolute Gasteiger partial charge is 0.336 e. The summed E-state index contributed by atoms with van der Waals surface area (Å²) in [6.07, 6.45) is 2.83. The number of carbonyl (C=O) groups is 1. The molecule has 1 aromatic rings. The number of aliphatic hydroxyl groups is 1. The highest BCUT2D eigenvalue weighted by Crippen LogP contribution is 2.30. The fraction of sp³-hybridized carbons (Fsp3) is 0.500. The van der Waals surface area contributed by atoms with Gasteiger partial charge in [0.25, 0.3) is 5.69 Å². The molecular weight excluding hydrogens is 276 g/mol. The second-order valence-corrected chi connectivity index (χ2v) is 5.33. The molecule has 0 aromatic heterocycles. The zero-order chi connectivity index (χ0) is 15.6. The van der Waals surface area contributed by atoms with Crippen molar-refractivity contribution in [3.63, 3.8) is 0 Å². The Hall–Kier alpha value is -2.15. The number of nitro benzene ring substituents is 1. The minimum atomic E-state index is -1.22. The Labute approximate surface area is 121 Å². The molecule has 7 heteroatoms. The van der Waals surface area contributed by atoms with Gasteiger partial charge in [0.15, 0.2) is 0 Å². The van der Waals surface area contributed by atoms with Crippen molar-refractivity contribution >= 4 is 17.3 Å². The second-order valence-electron chi connectivity index (χ2n) is 5.33. The minimum Gasteiger partial charge on any atom is -0.478 e. The van der Waals surface area contributed by atoms with Crippen LogP contribution in [-0.4, -0.2) is 33.3 Å². The highest BCUT2D eigenvalue weighted by Gasteiger charge is 2.25. The van der Waals surface area contributed by atoms with Crippen molar-refractivity contribution in [2.45, 2.75) is 44.8 Å². The van der Waals surface area contributed by atoms with Crippen LogP contribution in [0.3, 0.4) is 0 Å². The van der Waals surface area contributed by atoms with Gasteiger partial charge >= 0.3 is 5.97 Å². The summed E-state index contributed by atoms with van der Waals surface area (Å²) in [5.74, 6) is -1.22. The highest BCUT2D eigenvalue weighted by molar-refractivity contribution is 5.90. The second kappa shape index (κ2) is 6.09.